The number of rotatable bonds is 5. The van der Waals surface area contributed by atoms with E-state index in [2.05, 4.69) is 95.7 Å². The first-order valence-corrected chi connectivity index (χ1v) is 9.46. The Labute approximate surface area is 165 Å². The van der Waals surface area contributed by atoms with Crippen molar-refractivity contribution in [3.05, 3.63) is 108 Å². The van der Waals surface area contributed by atoms with E-state index in [4.69, 9.17) is 4.98 Å². The van der Waals surface area contributed by atoms with Crippen molar-refractivity contribution in [1.29, 1.82) is 0 Å². The summed E-state index contributed by atoms with van der Waals surface area (Å²) in [6, 6.07) is 29.0. The predicted molar refractivity (Wildman–Crippen MR) is 118 cm³/mol. The zero-order chi connectivity index (χ0) is 19.3. The lowest BCUT2D eigenvalue weighted by Crippen LogP contribution is -2.11. The van der Waals surface area contributed by atoms with Gasteiger partial charge in [0, 0.05) is 12.7 Å². The van der Waals surface area contributed by atoms with Crippen LogP contribution in [0, 0.1) is 0 Å². The third-order valence-corrected chi connectivity index (χ3v) is 4.80. The number of hydrogen-bond acceptors (Lipinski definition) is 2. The molecule has 0 unspecified atom stereocenters. The van der Waals surface area contributed by atoms with Gasteiger partial charge >= 0.3 is 0 Å². The molecule has 0 bridgehead atoms. The number of aromatic nitrogens is 2. The molecule has 3 aromatic carbocycles. The highest BCUT2D eigenvalue weighted by Gasteiger charge is 2.15. The van der Waals surface area contributed by atoms with Crippen LogP contribution in [0.15, 0.2) is 97.1 Å². The molecule has 4 rings (SSSR count). The third kappa shape index (κ3) is 3.35. The van der Waals surface area contributed by atoms with E-state index in [9.17, 15) is 0 Å². The number of para-hydroxylation sites is 3. The molecule has 0 aliphatic carbocycles. The topological polar surface area (TPSA) is 29.9 Å². The Balaban J connectivity index is 1.92. The molecule has 1 heterocycles. The maximum Gasteiger partial charge on any atom is 0.161 e. The van der Waals surface area contributed by atoms with Gasteiger partial charge in [-0.25, -0.2) is 4.98 Å². The maximum absolute atomic E-state index is 4.95. The summed E-state index contributed by atoms with van der Waals surface area (Å²) in [6.07, 6.45) is 4.29. The van der Waals surface area contributed by atoms with Crippen molar-refractivity contribution in [1.82, 2.24) is 14.9 Å². The number of nitrogens with zero attached hydrogens (tertiary/aromatic N) is 2. The standard InChI is InChI=1S/C25H23N3/c1-3-19(20-12-6-4-7-13-20)18-23(26-2)25-27-22-16-10-11-17-24(22)28(25)21-14-8-5-9-15-21/h3-18,26H,1-2H3/b19-3+,23-18-. The Hall–Kier alpha value is -3.59. The van der Waals surface area contributed by atoms with Gasteiger partial charge in [0.15, 0.2) is 5.82 Å². The SMILES string of the molecule is C/C=C(\C=C(/NC)c1nc2ccccc2n1-c1ccccc1)c1ccccc1. The molecule has 0 saturated carbocycles. The van der Waals surface area contributed by atoms with Crippen molar-refractivity contribution in [2.45, 2.75) is 6.92 Å². The summed E-state index contributed by atoms with van der Waals surface area (Å²) in [5.41, 5.74) is 6.46. The normalized spacial score (nSPS) is 12.4. The lowest BCUT2D eigenvalue weighted by atomic mass is 10.0. The fraction of sp³-hybridized carbons (Fsp3) is 0.0800. The maximum atomic E-state index is 4.95. The number of imidazole rings is 1. The van der Waals surface area contributed by atoms with Gasteiger partial charge in [-0.05, 0) is 48.4 Å². The van der Waals surface area contributed by atoms with Crippen molar-refractivity contribution in [2.75, 3.05) is 7.05 Å². The van der Waals surface area contributed by atoms with Gasteiger partial charge in [-0.15, -0.1) is 0 Å². The Morgan fingerprint density at radius 2 is 1.50 bits per heavy atom. The summed E-state index contributed by atoms with van der Waals surface area (Å²) in [6.45, 7) is 2.06. The fourth-order valence-corrected chi connectivity index (χ4v) is 3.41. The van der Waals surface area contributed by atoms with Crippen molar-refractivity contribution < 1.29 is 0 Å². The van der Waals surface area contributed by atoms with Crippen LogP contribution in [0.5, 0.6) is 0 Å². The number of nitrogens with one attached hydrogen (secondary N) is 1. The first-order chi connectivity index (χ1) is 13.8. The van der Waals surface area contributed by atoms with Crippen molar-refractivity contribution >= 4 is 22.3 Å². The predicted octanol–water partition coefficient (Wildman–Crippen LogP) is 5.69. The average Bonchev–Trinajstić information content (AvgIpc) is 3.15. The van der Waals surface area contributed by atoms with E-state index in [-0.39, 0.29) is 0 Å². The summed E-state index contributed by atoms with van der Waals surface area (Å²) in [4.78, 5) is 4.95. The third-order valence-electron chi connectivity index (χ3n) is 4.80. The molecular weight excluding hydrogens is 342 g/mol. The molecule has 138 valence electrons. The Morgan fingerprint density at radius 3 is 2.18 bits per heavy atom. The van der Waals surface area contributed by atoms with Crippen molar-refractivity contribution in [3.8, 4) is 5.69 Å². The van der Waals surface area contributed by atoms with Crippen LogP contribution < -0.4 is 5.32 Å². The molecule has 1 aromatic heterocycles. The Bertz CT molecular complexity index is 1140. The van der Waals surface area contributed by atoms with Gasteiger partial charge in [0.25, 0.3) is 0 Å². The minimum Gasteiger partial charge on any atom is -0.385 e. The summed E-state index contributed by atoms with van der Waals surface area (Å²) in [5.74, 6) is 0.894. The van der Waals surface area contributed by atoms with Crippen LogP contribution in [0.1, 0.15) is 18.3 Å². The summed E-state index contributed by atoms with van der Waals surface area (Å²) >= 11 is 0. The fourth-order valence-electron chi connectivity index (χ4n) is 3.41. The van der Waals surface area contributed by atoms with E-state index in [0.29, 0.717) is 0 Å². The van der Waals surface area contributed by atoms with Crippen LogP contribution in [-0.4, -0.2) is 16.6 Å². The van der Waals surface area contributed by atoms with E-state index in [1.54, 1.807) is 0 Å². The highest BCUT2D eigenvalue weighted by Crippen LogP contribution is 2.27. The molecule has 0 fully saturated rings. The minimum absolute atomic E-state index is 0.894. The number of allylic oxidation sites excluding steroid dienone is 3. The summed E-state index contributed by atoms with van der Waals surface area (Å²) in [5, 5.41) is 3.36. The zero-order valence-corrected chi connectivity index (χ0v) is 16.1. The molecule has 0 atom stereocenters. The van der Waals surface area contributed by atoms with E-state index in [0.717, 1.165) is 33.8 Å². The molecule has 1 N–H and O–H groups in total. The van der Waals surface area contributed by atoms with Crippen LogP contribution >= 0.6 is 0 Å². The molecule has 0 aliphatic heterocycles. The highest BCUT2D eigenvalue weighted by molar-refractivity contribution is 5.86. The van der Waals surface area contributed by atoms with Gasteiger partial charge in [-0.2, -0.15) is 0 Å². The molecule has 0 saturated heterocycles. The van der Waals surface area contributed by atoms with Crippen LogP contribution in [0.2, 0.25) is 0 Å². The quantitative estimate of drug-likeness (QED) is 0.461. The van der Waals surface area contributed by atoms with Crippen molar-refractivity contribution in [3.63, 3.8) is 0 Å². The Morgan fingerprint density at radius 1 is 0.857 bits per heavy atom. The molecule has 4 aromatic rings. The number of fused-ring (bicyclic) bond motifs is 1. The van der Waals surface area contributed by atoms with E-state index < -0.39 is 0 Å². The van der Waals surface area contributed by atoms with Crippen LogP contribution in [0.3, 0.4) is 0 Å². The lowest BCUT2D eigenvalue weighted by molar-refractivity contribution is 0.997. The first-order valence-electron chi connectivity index (χ1n) is 9.46. The van der Waals surface area contributed by atoms with Crippen LogP contribution in [0.25, 0.3) is 28.0 Å². The Kier molecular flexibility index (Phi) is 5.07. The molecule has 0 amide bonds. The molecule has 28 heavy (non-hydrogen) atoms. The van der Waals surface area contributed by atoms with E-state index >= 15 is 0 Å². The van der Waals surface area contributed by atoms with Gasteiger partial charge in [0.05, 0.1) is 16.7 Å². The van der Waals surface area contributed by atoms with Crippen LogP contribution in [0.4, 0.5) is 0 Å². The smallest absolute Gasteiger partial charge is 0.161 e. The molecule has 0 aliphatic rings. The number of hydrogen-bond donors (Lipinski definition) is 1. The van der Waals surface area contributed by atoms with Crippen molar-refractivity contribution in [2.24, 2.45) is 0 Å². The van der Waals surface area contributed by atoms with Crippen LogP contribution in [-0.2, 0) is 0 Å². The highest BCUT2D eigenvalue weighted by atomic mass is 15.1. The minimum atomic E-state index is 0.894. The molecular formula is C25H23N3. The van der Waals surface area contributed by atoms with Gasteiger partial charge in [-0.3, -0.25) is 4.57 Å². The molecule has 3 nitrogen and oxygen atoms in total. The second-order valence-corrected chi connectivity index (χ2v) is 6.51. The second-order valence-electron chi connectivity index (χ2n) is 6.51. The first kappa shape index (κ1) is 17.8. The monoisotopic (exact) mass is 365 g/mol. The zero-order valence-electron chi connectivity index (χ0n) is 16.1. The summed E-state index contributed by atoms with van der Waals surface area (Å²) in [7, 11) is 1.94. The largest absolute Gasteiger partial charge is 0.385 e. The lowest BCUT2D eigenvalue weighted by Gasteiger charge is -2.13. The van der Waals surface area contributed by atoms with Gasteiger partial charge in [0.2, 0.25) is 0 Å². The van der Waals surface area contributed by atoms with Gasteiger partial charge in [0.1, 0.15) is 0 Å². The molecule has 0 radical (unpaired) electrons. The average molecular weight is 365 g/mol. The van der Waals surface area contributed by atoms with E-state index in [1.807, 2.05) is 25.2 Å². The van der Waals surface area contributed by atoms with E-state index in [1.165, 1.54) is 5.56 Å². The molecule has 3 heteroatoms. The van der Waals surface area contributed by atoms with Gasteiger partial charge < -0.3 is 5.32 Å². The number of benzene rings is 3. The summed E-state index contributed by atoms with van der Waals surface area (Å²) < 4.78 is 2.20. The molecule has 0 spiro atoms. The second kappa shape index (κ2) is 7.97. The van der Waals surface area contributed by atoms with Gasteiger partial charge in [-0.1, -0.05) is 66.7 Å².